The van der Waals surface area contributed by atoms with Crippen LogP contribution in [-0.2, 0) is 9.47 Å². The molecule has 0 aliphatic heterocycles. The largest absolute Gasteiger partial charge is 0.348 e. The quantitative estimate of drug-likeness (QED) is 0.492. The van der Waals surface area contributed by atoms with Crippen molar-refractivity contribution >= 4 is 23.9 Å². The first-order chi connectivity index (χ1) is 9.17. The molecule has 0 fully saturated rings. The highest BCUT2D eigenvalue weighted by molar-refractivity contribution is 7.27. The maximum Gasteiger partial charge on any atom is 0.193 e. The van der Waals surface area contributed by atoms with Crippen LogP contribution >= 0.6 is 11.3 Å². The molecule has 1 rings (SSSR count). The number of thiophene rings is 1. The minimum absolute atomic E-state index is 0.175. The van der Waals surface area contributed by atoms with Gasteiger partial charge in [-0.05, 0) is 24.4 Å². The first-order valence-electron chi connectivity index (χ1n) is 7.50. The molecule has 2 nitrogen and oxygen atoms in total. The molecule has 0 amide bonds. The van der Waals surface area contributed by atoms with Gasteiger partial charge in [0.1, 0.15) is 0 Å². The zero-order valence-corrected chi connectivity index (χ0v) is 14.8. The molecular weight excluding hydrogens is 272 g/mol. The lowest BCUT2D eigenvalue weighted by Gasteiger charge is -2.26. The first-order valence-corrected chi connectivity index (χ1v) is 10.9. The van der Waals surface area contributed by atoms with Gasteiger partial charge >= 0.3 is 0 Å². The van der Waals surface area contributed by atoms with Crippen molar-refractivity contribution in [1.29, 1.82) is 0 Å². The van der Waals surface area contributed by atoms with E-state index in [1.54, 1.807) is 4.50 Å². The van der Waals surface area contributed by atoms with Crippen LogP contribution in [0.25, 0.3) is 0 Å². The summed E-state index contributed by atoms with van der Waals surface area (Å²) in [5, 5.41) is 0. The molecule has 0 saturated heterocycles. The van der Waals surface area contributed by atoms with Crippen molar-refractivity contribution in [3.63, 3.8) is 0 Å². The van der Waals surface area contributed by atoms with E-state index in [1.165, 1.54) is 23.0 Å². The molecule has 0 aromatic carbocycles. The fraction of sp³-hybridized carbons (Fsp3) is 0.733. The first kappa shape index (κ1) is 16.9. The maximum absolute atomic E-state index is 5.70. The van der Waals surface area contributed by atoms with E-state index < -0.39 is 8.07 Å². The molecule has 1 aromatic rings. The van der Waals surface area contributed by atoms with Crippen molar-refractivity contribution in [3.05, 3.63) is 17.0 Å². The summed E-state index contributed by atoms with van der Waals surface area (Å²) in [5.74, 6) is 0. The Balaban J connectivity index is 2.96. The summed E-state index contributed by atoms with van der Waals surface area (Å²) < 4.78 is 13.0. The van der Waals surface area contributed by atoms with Crippen molar-refractivity contribution in [2.45, 2.75) is 59.0 Å². The SMILES string of the molecule is CCOC(OCC)c1ccc([Si](CC)(CC)CC)s1. The molecule has 0 spiro atoms. The normalized spacial score (nSPS) is 12.3. The summed E-state index contributed by atoms with van der Waals surface area (Å²) in [6.45, 7) is 12.5. The van der Waals surface area contributed by atoms with E-state index in [0.29, 0.717) is 13.2 Å². The van der Waals surface area contributed by atoms with Gasteiger partial charge < -0.3 is 9.47 Å². The van der Waals surface area contributed by atoms with Gasteiger partial charge in [0, 0.05) is 13.2 Å². The molecule has 0 aliphatic rings. The summed E-state index contributed by atoms with van der Waals surface area (Å²) in [6, 6.07) is 8.52. The highest BCUT2D eigenvalue weighted by atomic mass is 32.1. The fourth-order valence-corrected chi connectivity index (χ4v) is 8.81. The molecule has 0 atom stereocenters. The number of ether oxygens (including phenoxy) is 2. The predicted octanol–water partition coefficient (Wildman–Crippen LogP) is 4.54. The third-order valence-corrected chi connectivity index (χ3v) is 11.8. The van der Waals surface area contributed by atoms with E-state index in [0.717, 1.165) is 0 Å². The van der Waals surface area contributed by atoms with E-state index >= 15 is 0 Å². The monoisotopic (exact) mass is 300 g/mol. The Hall–Kier alpha value is -0.163. The highest BCUT2D eigenvalue weighted by Gasteiger charge is 2.31. The minimum Gasteiger partial charge on any atom is -0.348 e. The summed E-state index contributed by atoms with van der Waals surface area (Å²) in [4.78, 5) is 1.23. The number of rotatable bonds is 9. The summed E-state index contributed by atoms with van der Waals surface area (Å²) in [5.41, 5.74) is 0. The number of hydrogen-bond donors (Lipinski definition) is 0. The second-order valence-corrected chi connectivity index (χ2v) is 11.5. The zero-order valence-electron chi connectivity index (χ0n) is 13.0. The van der Waals surface area contributed by atoms with Crippen LogP contribution in [0.2, 0.25) is 18.1 Å². The molecule has 1 heterocycles. The van der Waals surface area contributed by atoms with Crippen LogP contribution in [0.5, 0.6) is 0 Å². The van der Waals surface area contributed by atoms with Crippen LogP contribution in [0.15, 0.2) is 12.1 Å². The predicted molar refractivity (Wildman–Crippen MR) is 87.1 cm³/mol. The third-order valence-electron chi connectivity index (χ3n) is 4.05. The number of hydrogen-bond acceptors (Lipinski definition) is 3. The summed E-state index contributed by atoms with van der Waals surface area (Å²) in [6.07, 6.45) is -0.175. The Morgan fingerprint density at radius 1 is 0.947 bits per heavy atom. The van der Waals surface area contributed by atoms with Crippen molar-refractivity contribution in [2.24, 2.45) is 0 Å². The summed E-state index contributed by atoms with van der Waals surface area (Å²) in [7, 11) is -1.26. The molecule has 4 heteroatoms. The molecule has 19 heavy (non-hydrogen) atoms. The second kappa shape index (κ2) is 8.20. The lowest BCUT2D eigenvalue weighted by molar-refractivity contribution is -0.138. The zero-order chi connectivity index (χ0) is 14.3. The average molecular weight is 301 g/mol. The Morgan fingerprint density at radius 2 is 1.47 bits per heavy atom. The lowest BCUT2D eigenvalue weighted by atomic mass is 10.4. The topological polar surface area (TPSA) is 18.5 Å². The van der Waals surface area contributed by atoms with Gasteiger partial charge in [-0.25, -0.2) is 0 Å². The Labute approximate surface area is 123 Å². The Bertz CT molecular complexity index is 347. The van der Waals surface area contributed by atoms with Gasteiger partial charge in [0.2, 0.25) is 0 Å². The van der Waals surface area contributed by atoms with Crippen LogP contribution < -0.4 is 4.50 Å². The van der Waals surface area contributed by atoms with Crippen LogP contribution in [0.3, 0.4) is 0 Å². The van der Waals surface area contributed by atoms with E-state index in [4.69, 9.17) is 9.47 Å². The van der Waals surface area contributed by atoms with Crippen molar-refractivity contribution in [3.8, 4) is 0 Å². The van der Waals surface area contributed by atoms with Gasteiger partial charge in [-0.3, -0.25) is 0 Å². The smallest absolute Gasteiger partial charge is 0.193 e. The molecule has 0 N–H and O–H groups in total. The van der Waals surface area contributed by atoms with Crippen LogP contribution in [0.4, 0.5) is 0 Å². The van der Waals surface area contributed by atoms with Crippen LogP contribution in [-0.4, -0.2) is 21.3 Å². The van der Waals surface area contributed by atoms with Gasteiger partial charge in [-0.15, -0.1) is 11.3 Å². The van der Waals surface area contributed by atoms with Gasteiger partial charge in [0.25, 0.3) is 0 Å². The maximum atomic E-state index is 5.70. The van der Waals surface area contributed by atoms with E-state index in [2.05, 4.69) is 32.9 Å². The fourth-order valence-electron chi connectivity index (χ4n) is 2.55. The van der Waals surface area contributed by atoms with Crippen molar-refractivity contribution < 1.29 is 9.47 Å². The molecule has 0 aliphatic carbocycles. The second-order valence-electron chi connectivity index (χ2n) is 4.79. The molecule has 0 radical (unpaired) electrons. The van der Waals surface area contributed by atoms with Gasteiger partial charge in [-0.2, -0.15) is 0 Å². The van der Waals surface area contributed by atoms with E-state index in [1.807, 2.05) is 25.2 Å². The van der Waals surface area contributed by atoms with Gasteiger partial charge in [-0.1, -0.05) is 45.0 Å². The molecular formula is C15H28O2SSi. The van der Waals surface area contributed by atoms with Crippen LogP contribution in [0.1, 0.15) is 45.8 Å². The molecule has 0 bridgehead atoms. The standard InChI is InChI=1S/C15H28O2SSi/c1-6-16-15(17-7-2)13-11-12-14(18-13)19(8-3,9-4)10-5/h11-12,15H,6-10H2,1-5H3. The third kappa shape index (κ3) is 3.91. The minimum atomic E-state index is -1.26. The highest BCUT2D eigenvalue weighted by Crippen LogP contribution is 2.28. The Morgan fingerprint density at radius 3 is 1.89 bits per heavy atom. The molecule has 1 aromatic heterocycles. The van der Waals surface area contributed by atoms with Gasteiger partial charge in [0.15, 0.2) is 6.29 Å². The van der Waals surface area contributed by atoms with Gasteiger partial charge in [0.05, 0.1) is 13.0 Å². The summed E-state index contributed by atoms with van der Waals surface area (Å²) >= 11 is 1.91. The molecule has 110 valence electrons. The van der Waals surface area contributed by atoms with Crippen molar-refractivity contribution in [2.75, 3.05) is 13.2 Å². The van der Waals surface area contributed by atoms with Crippen molar-refractivity contribution in [1.82, 2.24) is 0 Å². The van der Waals surface area contributed by atoms with E-state index in [-0.39, 0.29) is 6.29 Å². The molecule has 0 unspecified atom stereocenters. The molecule has 0 saturated carbocycles. The Kier molecular flexibility index (Phi) is 7.29. The van der Waals surface area contributed by atoms with E-state index in [9.17, 15) is 0 Å². The lowest BCUT2D eigenvalue weighted by Crippen LogP contribution is -2.43. The average Bonchev–Trinajstić information content (AvgIpc) is 2.91. The van der Waals surface area contributed by atoms with Crippen LogP contribution in [0, 0.1) is 0 Å².